The van der Waals surface area contributed by atoms with Gasteiger partial charge in [0, 0.05) is 26.2 Å². The largest absolute Gasteiger partial charge is 0.475 e. The van der Waals surface area contributed by atoms with Gasteiger partial charge < -0.3 is 19.3 Å². The second kappa shape index (κ2) is 3.90. The number of piperazine rings is 1. The minimum Gasteiger partial charge on any atom is -0.475 e. The summed E-state index contributed by atoms with van der Waals surface area (Å²) in [6.45, 7) is 3.50. The molecular formula is C9H13N3O3. The molecule has 0 spiro atoms. The minimum atomic E-state index is -1.08. The van der Waals surface area contributed by atoms with E-state index in [9.17, 15) is 4.79 Å². The fourth-order valence-electron chi connectivity index (χ4n) is 1.51. The number of nitrogens with zero attached hydrogens (tertiary/aromatic N) is 3. The molecule has 1 aromatic rings. The highest BCUT2D eigenvalue weighted by Gasteiger charge is 2.19. The van der Waals surface area contributed by atoms with Gasteiger partial charge in [-0.25, -0.2) is 9.78 Å². The van der Waals surface area contributed by atoms with Gasteiger partial charge in [0.05, 0.1) is 6.20 Å². The van der Waals surface area contributed by atoms with E-state index in [2.05, 4.69) is 16.9 Å². The van der Waals surface area contributed by atoms with Crippen LogP contribution in [0.25, 0.3) is 0 Å². The van der Waals surface area contributed by atoms with E-state index in [1.165, 1.54) is 6.20 Å². The Bertz CT molecular complexity index is 355. The quantitative estimate of drug-likeness (QED) is 0.749. The molecule has 0 radical (unpaired) electrons. The van der Waals surface area contributed by atoms with Crippen molar-refractivity contribution in [2.24, 2.45) is 0 Å². The zero-order valence-corrected chi connectivity index (χ0v) is 8.51. The minimum absolute atomic E-state index is 0.107. The molecule has 6 nitrogen and oxygen atoms in total. The molecule has 1 fully saturated rings. The van der Waals surface area contributed by atoms with Crippen molar-refractivity contribution in [2.75, 3.05) is 38.1 Å². The standard InChI is InChI=1S/C9H13N3O3/c1-11-2-4-12(5-3-11)9-10-6-7(15-9)8(13)14/h6H,2-5H2,1H3,(H,13,14). The van der Waals surface area contributed by atoms with E-state index in [0.717, 1.165) is 26.2 Å². The van der Waals surface area contributed by atoms with Crippen molar-refractivity contribution in [1.82, 2.24) is 9.88 Å². The van der Waals surface area contributed by atoms with E-state index in [0.29, 0.717) is 6.01 Å². The SMILES string of the molecule is CN1CCN(c2ncc(C(=O)O)o2)CC1. The smallest absolute Gasteiger partial charge is 0.373 e. The third-order valence-corrected chi connectivity index (χ3v) is 2.48. The van der Waals surface area contributed by atoms with Gasteiger partial charge in [-0.3, -0.25) is 0 Å². The van der Waals surface area contributed by atoms with Gasteiger partial charge in [-0.15, -0.1) is 0 Å². The molecule has 82 valence electrons. The van der Waals surface area contributed by atoms with E-state index in [-0.39, 0.29) is 5.76 Å². The van der Waals surface area contributed by atoms with E-state index in [1.54, 1.807) is 0 Å². The molecule has 2 heterocycles. The number of aromatic nitrogens is 1. The fraction of sp³-hybridized carbons (Fsp3) is 0.556. The first-order valence-electron chi connectivity index (χ1n) is 4.79. The number of hydrogen-bond donors (Lipinski definition) is 1. The number of oxazole rings is 1. The molecule has 1 saturated heterocycles. The highest BCUT2D eigenvalue weighted by atomic mass is 16.4. The summed E-state index contributed by atoms with van der Waals surface area (Å²) in [6.07, 6.45) is 1.25. The molecule has 0 amide bonds. The van der Waals surface area contributed by atoms with Crippen molar-refractivity contribution < 1.29 is 14.3 Å². The number of anilines is 1. The van der Waals surface area contributed by atoms with Crippen LogP contribution in [0, 0.1) is 0 Å². The van der Waals surface area contributed by atoms with Crippen LogP contribution in [0.3, 0.4) is 0 Å². The molecule has 0 aromatic carbocycles. The lowest BCUT2D eigenvalue weighted by molar-refractivity contribution is 0.0663. The van der Waals surface area contributed by atoms with E-state index in [4.69, 9.17) is 9.52 Å². The van der Waals surface area contributed by atoms with Crippen LogP contribution in [0.5, 0.6) is 0 Å². The second-order valence-electron chi connectivity index (χ2n) is 3.60. The van der Waals surface area contributed by atoms with Gasteiger partial charge in [0.1, 0.15) is 0 Å². The number of likely N-dealkylation sites (N-methyl/N-ethyl adjacent to an activating group) is 1. The van der Waals surface area contributed by atoms with Crippen LogP contribution in [0.15, 0.2) is 10.6 Å². The van der Waals surface area contributed by atoms with Gasteiger partial charge in [0.25, 0.3) is 6.01 Å². The Labute approximate surface area is 87.1 Å². The molecule has 1 aromatic heterocycles. The third kappa shape index (κ3) is 2.10. The van der Waals surface area contributed by atoms with Crippen LogP contribution in [0.1, 0.15) is 10.6 Å². The van der Waals surface area contributed by atoms with E-state index in [1.807, 2.05) is 4.90 Å². The molecule has 1 N–H and O–H groups in total. The number of rotatable bonds is 2. The molecule has 0 saturated carbocycles. The summed E-state index contributed by atoms with van der Waals surface area (Å²) in [6, 6.07) is 0.403. The molecule has 2 rings (SSSR count). The maximum atomic E-state index is 10.6. The first-order chi connectivity index (χ1) is 7.16. The predicted octanol–water partition coefficient (Wildman–Crippen LogP) is 0.125. The summed E-state index contributed by atoms with van der Waals surface area (Å²) < 4.78 is 5.12. The molecule has 6 heteroatoms. The molecule has 0 atom stereocenters. The zero-order valence-electron chi connectivity index (χ0n) is 8.51. The fourth-order valence-corrected chi connectivity index (χ4v) is 1.51. The highest BCUT2D eigenvalue weighted by molar-refractivity contribution is 5.84. The summed E-state index contributed by atoms with van der Waals surface area (Å²) in [5, 5.41) is 8.68. The Morgan fingerprint density at radius 1 is 1.47 bits per heavy atom. The van der Waals surface area contributed by atoms with Crippen LogP contribution >= 0.6 is 0 Å². The Balaban J connectivity index is 2.06. The maximum Gasteiger partial charge on any atom is 0.373 e. The lowest BCUT2D eigenvalue weighted by atomic mass is 10.3. The number of carboxylic acids is 1. The van der Waals surface area contributed by atoms with Crippen molar-refractivity contribution in [2.45, 2.75) is 0 Å². The third-order valence-electron chi connectivity index (χ3n) is 2.48. The zero-order chi connectivity index (χ0) is 10.8. The van der Waals surface area contributed by atoms with Crippen molar-refractivity contribution >= 4 is 12.0 Å². The number of carbonyl (C=O) groups is 1. The number of hydrogen-bond acceptors (Lipinski definition) is 5. The Hall–Kier alpha value is -1.56. The van der Waals surface area contributed by atoms with Gasteiger partial charge in [-0.1, -0.05) is 0 Å². The van der Waals surface area contributed by atoms with E-state index >= 15 is 0 Å². The predicted molar refractivity (Wildman–Crippen MR) is 53.2 cm³/mol. The molecule has 15 heavy (non-hydrogen) atoms. The topological polar surface area (TPSA) is 69.8 Å². The molecule has 1 aliphatic rings. The number of aromatic carboxylic acids is 1. The lowest BCUT2D eigenvalue weighted by Gasteiger charge is -2.31. The summed E-state index contributed by atoms with van der Waals surface area (Å²) in [7, 11) is 2.05. The second-order valence-corrected chi connectivity index (χ2v) is 3.60. The lowest BCUT2D eigenvalue weighted by Crippen LogP contribution is -2.44. The first kappa shape index (κ1) is 9.97. The van der Waals surface area contributed by atoms with Crippen molar-refractivity contribution in [3.8, 4) is 0 Å². The van der Waals surface area contributed by atoms with Crippen LogP contribution in [-0.2, 0) is 0 Å². The summed E-state index contributed by atoms with van der Waals surface area (Å²) >= 11 is 0. The summed E-state index contributed by atoms with van der Waals surface area (Å²) in [5.41, 5.74) is 0. The van der Waals surface area contributed by atoms with Crippen LogP contribution in [0.2, 0.25) is 0 Å². The molecule has 1 aliphatic heterocycles. The Morgan fingerprint density at radius 3 is 2.67 bits per heavy atom. The van der Waals surface area contributed by atoms with Crippen LogP contribution in [0.4, 0.5) is 6.01 Å². The van der Waals surface area contributed by atoms with E-state index < -0.39 is 5.97 Å². The molecule has 0 aliphatic carbocycles. The normalized spacial score (nSPS) is 18.1. The van der Waals surface area contributed by atoms with Gasteiger partial charge in [-0.05, 0) is 7.05 Å². The Morgan fingerprint density at radius 2 is 2.13 bits per heavy atom. The number of carboxylic acid groups (broad SMARTS) is 1. The van der Waals surface area contributed by atoms with Gasteiger partial charge in [0.2, 0.25) is 5.76 Å². The van der Waals surface area contributed by atoms with Crippen molar-refractivity contribution in [3.63, 3.8) is 0 Å². The molecular weight excluding hydrogens is 198 g/mol. The monoisotopic (exact) mass is 211 g/mol. The summed E-state index contributed by atoms with van der Waals surface area (Å²) in [5.74, 6) is -1.19. The first-order valence-corrected chi connectivity index (χ1v) is 4.79. The Kier molecular flexibility index (Phi) is 2.59. The van der Waals surface area contributed by atoms with Gasteiger partial charge >= 0.3 is 5.97 Å². The van der Waals surface area contributed by atoms with Crippen molar-refractivity contribution in [3.05, 3.63) is 12.0 Å². The average Bonchev–Trinajstić information content (AvgIpc) is 2.68. The van der Waals surface area contributed by atoms with Crippen LogP contribution in [-0.4, -0.2) is 54.2 Å². The average molecular weight is 211 g/mol. The van der Waals surface area contributed by atoms with Crippen molar-refractivity contribution in [1.29, 1.82) is 0 Å². The highest BCUT2D eigenvalue weighted by Crippen LogP contribution is 2.15. The molecule has 0 bridgehead atoms. The van der Waals surface area contributed by atoms with Crippen LogP contribution < -0.4 is 4.90 Å². The summed E-state index contributed by atoms with van der Waals surface area (Å²) in [4.78, 5) is 18.7. The van der Waals surface area contributed by atoms with Gasteiger partial charge in [0.15, 0.2) is 0 Å². The maximum absolute atomic E-state index is 10.6. The molecule has 0 unspecified atom stereocenters. The van der Waals surface area contributed by atoms with Gasteiger partial charge in [-0.2, -0.15) is 0 Å².